The van der Waals surface area contributed by atoms with Crippen LogP contribution in [0.15, 0.2) is 0 Å². The van der Waals surface area contributed by atoms with Crippen molar-refractivity contribution in [1.82, 2.24) is 5.32 Å². The standard InChI is InChI=1S/C19H37NO5/c1-3-4-9-22-10-11-23-12-13-24-14-15-25-16-19(21)20-18-7-5-17(2)6-8-18/h17-18H,3-16H2,1-2H3,(H,20,21). The maximum atomic E-state index is 11.8. The molecular formula is C19H37NO5. The molecule has 0 atom stereocenters. The second kappa shape index (κ2) is 15.6. The molecule has 0 aromatic heterocycles. The molecule has 0 aromatic carbocycles. The van der Waals surface area contributed by atoms with Gasteiger partial charge in [-0.15, -0.1) is 0 Å². The largest absolute Gasteiger partial charge is 0.379 e. The van der Waals surface area contributed by atoms with Crippen LogP contribution >= 0.6 is 0 Å². The molecule has 1 aliphatic rings. The van der Waals surface area contributed by atoms with Crippen LogP contribution in [0.4, 0.5) is 0 Å². The summed E-state index contributed by atoms with van der Waals surface area (Å²) in [6, 6.07) is 0.326. The topological polar surface area (TPSA) is 66.0 Å². The minimum atomic E-state index is -0.0223. The zero-order valence-electron chi connectivity index (χ0n) is 16.1. The van der Waals surface area contributed by atoms with Gasteiger partial charge in [-0.05, 0) is 38.0 Å². The number of carbonyl (C=O) groups excluding carboxylic acids is 1. The second-order valence-corrected chi connectivity index (χ2v) is 6.77. The first-order chi connectivity index (χ1) is 12.2. The Morgan fingerprint density at radius 2 is 1.36 bits per heavy atom. The van der Waals surface area contributed by atoms with Crippen molar-refractivity contribution in [2.24, 2.45) is 5.92 Å². The quantitative estimate of drug-likeness (QED) is 0.455. The molecule has 25 heavy (non-hydrogen) atoms. The van der Waals surface area contributed by atoms with E-state index in [1.807, 2.05) is 0 Å². The predicted molar refractivity (Wildman–Crippen MR) is 97.7 cm³/mol. The Balaban J connectivity index is 1.78. The summed E-state index contributed by atoms with van der Waals surface area (Å²) in [5, 5.41) is 3.05. The average Bonchev–Trinajstić information content (AvgIpc) is 2.61. The lowest BCUT2D eigenvalue weighted by Gasteiger charge is -2.26. The highest BCUT2D eigenvalue weighted by Gasteiger charge is 2.19. The van der Waals surface area contributed by atoms with Gasteiger partial charge in [-0.2, -0.15) is 0 Å². The predicted octanol–water partition coefficient (Wildman–Crippen LogP) is 2.55. The summed E-state index contributed by atoms with van der Waals surface area (Å²) in [5.74, 6) is 0.769. The van der Waals surface area contributed by atoms with Crippen LogP contribution in [-0.4, -0.2) is 64.8 Å². The number of hydrogen-bond donors (Lipinski definition) is 1. The van der Waals surface area contributed by atoms with Gasteiger partial charge < -0.3 is 24.3 Å². The van der Waals surface area contributed by atoms with Gasteiger partial charge in [-0.25, -0.2) is 0 Å². The highest BCUT2D eigenvalue weighted by atomic mass is 16.6. The van der Waals surface area contributed by atoms with Crippen LogP contribution in [0.1, 0.15) is 52.4 Å². The zero-order valence-corrected chi connectivity index (χ0v) is 16.1. The van der Waals surface area contributed by atoms with Gasteiger partial charge in [0.25, 0.3) is 0 Å². The maximum Gasteiger partial charge on any atom is 0.246 e. The van der Waals surface area contributed by atoms with E-state index in [0.29, 0.717) is 45.7 Å². The summed E-state index contributed by atoms with van der Waals surface area (Å²) in [6.07, 6.45) is 6.82. The van der Waals surface area contributed by atoms with Crippen LogP contribution < -0.4 is 5.32 Å². The summed E-state index contributed by atoms with van der Waals surface area (Å²) in [4.78, 5) is 11.8. The maximum absolute atomic E-state index is 11.8. The molecule has 1 N–H and O–H groups in total. The van der Waals surface area contributed by atoms with Gasteiger partial charge in [0.2, 0.25) is 5.91 Å². The highest BCUT2D eigenvalue weighted by molar-refractivity contribution is 5.77. The Hall–Kier alpha value is -0.690. The molecule has 0 aliphatic heterocycles. The molecular weight excluding hydrogens is 322 g/mol. The van der Waals surface area contributed by atoms with Crippen molar-refractivity contribution < 1.29 is 23.7 Å². The van der Waals surface area contributed by atoms with Crippen LogP contribution in [0, 0.1) is 5.92 Å². The monoisotopic (exact) mass is 359 g/mol. The van der Waals surface area contributed by atoms with Crippen molar-refractivity contribution in [2.75, 3.05) is 52.9 Å². The number of amides is 1. The number of unbranched alkanes of at least 4 members (excludes halogenated alkanes) is 1. The van der Waals surface area contributed by atoms with Crippen LogP contribution in [0.5, 0.6) is 0 Å². The van der Waals surface area contributed by atoms with E-state index in [1.54, 1.807) is 0 Å². The zero-order chi connectivity index (χ0) is 18.2. The number of nitrogens with one attached hydrogen (secondary N) is 1. The molecule has 0 unspecified atom stereocenters. The van der Waals surface area contributed by atoms with Gasteiger partial charge in [-0.1, -0.05) is 20.3 Å². The lowest BCUT2D eigenvalue weighted by atomic mass is 9.87. The molecule has 0 radical (unpaired) electrons. The number of carbonyl (C=O) groups is 1. The Morgan fingerprint density at radius 1 is 0.840 bits per heavy atom. The van der Waals surface area contributed by atoms with Gasteiger partial charge in [0, 0.05) is 12.6 Å². The minimum Gasteiger partial charge on any atom is -0.379 e. The lowest BCUT2D eigenvalue weighted by molar-refractivity contribution is -0.127. The third-order valence-corrected chi connectivity index (χ3v) is 4.37. The van der Waals surface area contributed by atoms with Crippen LogP contribution in [0.2, 0.25) is 0 Å². The van der Waals surface area contributed by atoms with E-state index in [9.17, 15) is 4.79 Å². The summed E-state index contributed by atoms with van der Waals surface area (Å²) in [7, 11) is 0. The normalized spacial score (nSPS) is 20.6. The van der Waals surface area contributed by atoms with Gasteiger partial charge in [0.05, 0.1) is 39.6 Å². The van der Waals surface area contributed by atoms with Crippen LogP contribution in [0.3, 0.4) is 0 Å². The van der Waals surface area contributed by atoms with E-state index < -0.39 is 0 Å². The molecule has 0 aromatic rings. The fraction of sp³-hybridized carbons (Fsp3) is 0.947. The van der Waals surface area contributed by atoms with Crippen molar-refractivity contribution in [3.63, 3.8) is 0 Å². The Labute approximate surface area is 152 Å². The fourth-order valence-corrected chi connectivity index (χ4v) is 2.74. The minimum absolute atomic E-state index is 0.0223. The molecule has 1 fully saturated rings. The molecule has 0 saturated heterocycles. The fourth-order valence-electron chi connectivity index (χ4n) is 2.74. The third kappa shape index (κ3) is 13.2. The molecule has 148 valence electrons. The van der Waals surface area contributed by atoms with Gasteiger partial charge in [-0.3, -0.25) is 4.79 Å². The summed E-state index contributed by atoms with van der Waals surface area (Å²) in [6.45, 7) is 8.56. The van der Waals surface area contributed by atoms with E-state index in [4.69, 9.17) is 18.9 Å². The third-order valence-electron chi connectivity index (χ3n) is 4.37. The molecule has 6 heteroatoms. The molecule has 1 rings (SSSR count). The van der Waals surface area contributed by atoms with Crippen LogP contribution in [-0.2, 0) is 23.7 Å². The molecule has 0 heterocycles. The number of hydrogen-bond acceptors (Lipinski definition) is 5. The van der Waals surface area contributed by atoms with Crippen molar-refractivity contribution in [2.45, 2.75) is 58.4 Å². The SMILES string of the molecule is CCCCOCCOCCOCCOCC(=O)NC1CCC(C)CC1. The molecule has 1 aliphatic carbocycles. The Morgan fingerprint density at radius 3 is 1.92 bits per heavy atom. The van der Waals surface area contributed by atoms with Crippen molar-refractivity contribution in [3.8, 4) is 0 Å². The summed E-state index contributed by atoms with van der Waals surface area (Å²) < 4.78 is 21.5. The molecule has 6 nitrogen and oxygen atoms in total. The average molecular weight is 360 g/mol. The van der Waals surface area contributed by atoms with E-state index >= 15 is 0 Å². The van der Waals surface area contributed by atoms with Crippen molar-refractivity contribution >= 4 is 5.91 Å². The summed E-state index contributed by atoms with van der Waals surface area (Å²) >= 11 is 0. The number of ether oxygens (including phenoxy) is 4. The van der Waals surface area contributed by atoms with Crippen molar-refractivity contribution in [1.29, 1.82) is 0 Å². The van der Waals surface area contributed by atoms with E-state index in [1.165, 1.54) is 12.8 Å². The first-order valence-electron chi connectivity index (χ1n) is 9.82. The van der Waals surface area contributed by atoms with Gasteiger partial charge >= 0.3 is 0 Å². The number of rotatable bonds is 15. The Kier molecular flexibility index (Phi) is 13.9. The smallest absolute Gasteiger partial charge is 0.246 e. The van der Waals surface area contributed by atoms with E-state index in [0.717, 1.165) is 38.2 Å². The molecule has 1 saturated carbocycles. The second-order valence-electron chi connectivity index (χ2n) is 6.77. The molecule has 0 bridgehead atoms. The lowest BCUT2D eigenvalue weighted by Crippen LogP contribution is -2.39. The molecule has 1 amide bonds. The van der Waals surface area contributed by atoms with Gasteiger partial charge in [0.15, 0.2) is 0 Å². The van der Waals surface area contributed by atoms with E-state index in [2.05, 4.69) is 19.2 Å². The molecule has 0 spiro atoms. The first-order valence-corrected chi connectivity index (χ1v) is 9.82. The van der Waals surface area contributed by atoms with Crippen LogP contribution in [0.25, 0.3) is 0 Å². The van der Waals surface area contributed by atoms with Crippen molar-refractivity contribution in [3.05, 3.63) is 0 Å². The summed E-state index contributed by atoms with van der Waals surface area (Å²) in [5.41, 5.74) is 0. The van der Waals surface area contributed by atoms with E-state index in [-0.39, 0.29) is 12.5 Å². The first kappa shape index (κ1) is 22.4. The van der Waals surface area contributed by atoms with Gasteiger partial charge in [0.1, 0.15) is 6.61 Å². The highest BCUT2D eigenvalue weighted by Crippen LogP contribution is 2.23. The Bertz CT molecular complexity index is 319.